The lowest BCUT2D eigenvalue weighted by atomic mass is 9.97. The van der Waals surface area contributed by atoms with E-state index in [0.717, 1.165) is 0 Å². The van der Waals surface area contributed by atoms with Crippen LogP contribution in [-0.2, 0) is 4.79 Å². The Kier molecular flexibility index (Phi) is 5.03. The number of amides is 1. The van der Waals surface area contributed by atoms with Gasteiger partial charge in [-0.25, -0.2) is 13.2 Å². The second kappa shape index (κ2) is 6.52. The maximum Gasteiger partial charge on any atom is 0.245 e. The molecule has 7 heteroatoms. The van der Waals surface area contributed by atoms with Gasteiger partial charge in [-0.05, 0) is 12.1 Å². The smallest absolute Gasteiger partial charge is 0.245 e. The first-order valence-corrected chi connectivity index (χ1v) is 5.39. The summed E-state index contributed by atoms with van der Waals surface area (Å²) >= 11 is 0. The molecule has 0 radical (unpaired) electrons. The number of hydrogen-bond acceptors (Lipinski definition) is 3. The minimum Gasteiger partial charge on any atom is -0.351 e. The maximum atomic E-state index is 13.0. The largest absolute Gasteiger partial charge is 0.351 e. The van der Waals surface area contributed by atoms with Crippen LogP contribution in [0.25, 0.3) is 0 Å². The van der Waals surface area contributed by atoms with E-state index in [4.69, 9.17) is 5.26 Å². The van der Waals surface area contributed by atoms with Crippen molar-refractivity contribution in [3.05, 3.63) is 47.8 Å². The molecule has 1 unspecified atom stereocenters. The molecule has 0 heterocycles. The molecule has 0 aliphatic carbocycles. The van der Waals surface area contributed by atoms with Crippen LogP contribution in [-0.4, -0.2) is 18.2 Å². The summed E-state index contributed by atoms with van der Waals surface area (Å²) in [6, 6.07) is 2.30. The minimum atomic E-state index is -1.78. The molecule has 0 saturated carbocycles. The second-order valence-corrected chi connectivity index (χ2v) is 3.71. The van der Waals surface area contributed by atoms with Gasteiger partial charge in [0.05, 0.1) is 6.07 Å². The molecule has 1 N–H and O–H groups in total. The van der Waals surface area contributed by atoms with Gasteiger partial charge in [0.15, 0.2) is 29.2 Å². The number of Topliss-reactive ketones (excluding diaryl/α,β-unsaturated/α-hetero) is 1. The zero-order valence-electron chi connectivity index (χ0n) is 10.1. The second-order valence-electron chi connectivity index (χ2n) is 3.71. The van der Waals surface area contributed by atoms with E-state index in [2.05, 4.69) is 11.9 Å². The molecule has 0 bridgehead atoms. The van der Waals surface area contributed by atoms with Gasteiger partial charge in [0.2, 0.25) is 5.91 Å². The van der Waals surface area contributed by atoms with E-state index < -0.39 is 40.6 Å². The van der Waals surface area contributed by atoms with Crippen molar-refractivity contribution < 1.29 is 22.8 Å². The number of nitrogens with zero attached hydrogens (tertiary/aromatic N) is 1. The average Bonchev–Trinajstić information content (AvgIpc) is 2.42. The summed E-state index contributed by atoms with van der Waals surface area (Å²) in [5, 5.41) is 11.0. The van der Waals surface area contributed by atoms with E-state index in [1.54, 1.807) is 0 Å². The molecular weight excluding hydrogens is 273 g/mol. The Morgan fingerprint density at radius 2 is 1.90 bits per heavy atom. The van der Waals surface area contributed by atoms with Crippen LogP contribution >= 0.6 is 0 Å². The molecule has 0 aliphatic rings. The molecule has 0 aromatic heterocycles. The minimum absolute atomic E-state index is 0.0242. The third kappa shape index (κ3) is 3.23. The van der Waals surface area contributed by atoms with Crippen LogP contribution in [0.3, 0.4) is 0 Å². The van der Waals surface area contributed by atoms with E-state index in [1.807, 2.05) is 0 Å². The van der Waals surface area contributed by atoms with Crippen LogP contribution in [0.15, 0.2) is 24.8 Å². The van der Waals surface area contributed by atoms with Crippen molar-refractivity contribution in [2.75, 3.05) is 6.54 Å². The van der Waals surface area contributed by atoms with Crippen molar-refractivity contribution in [2.45, 2.75) is 0 Å². The molecule has 0 spiro atoms. The SMILES string of the molecule is C=CCNC(=O)C(C#N)C(=O)c1cc(F)c(F)c(F)c1. The predicted octanol–water partition coefficient (Wildman–Crippen LogP) is 1.73. The molecule has 1 amide bonds. The number of nitriles is 1. The first-order chi connectivity index (χ1) is 9.42. The fraction of sp³-hybridized carbons (Fsp3) is 0.154. The molecular formula is C13H9F3N2O2. The van der Waals surface area contributed by atoms with E-state index >= 15 is 0 Å². The van der Waals surface area contributed by atoms with Gasteiger partial charge in [0.25, 0.3) is 0 Å². The highest BCUT2D eigenvalue weighted by Crippen LogP contribution is 2.16. The number of halogens is 3. The quantitative estimate of drug-likeness (QED) is 0.387. The summed E-state index contributed by atoms with van der Waals surface area (Å²) in [6.45, 7) is 3.35. The molecule has 1 rings (SSSR count). The van der Waals surface area contributed by atoms with Gasteiger partial charge < -0.3 is 5.32 Å². The summed E-state index contributed by atoms with van der Waals surface area (Å²) < 4.78 is 38.8. The summed E-state index contributed by atoms with van der Waals surface area (Å²) in [6.07, 6.45) is 1.33. The fourth-order valence-corrected chi connectivity index (χ4v) is 1.38. The van der Waals surface area contributed by atoms with Crippen LogP contribution < -0.4 is 5.32 Å². The normalized spacial score (nSPS) is 11.3. The first-order valence-electron chi connectivity index (χ1n) is 5.39. The highest BCUT2D eigenvalue weighted by Gasteiger charge is 2.28. The van der Waals surface area contributed by atoms with E-state index in [1.165, 1.54) is 12.1 Å². The van der Waals surface area contributed by atoms with Crippen LogP contribution in [0.5, 0.6) is 0 Å². The van der Waals surface area contributed by atoms with Gasteiger partial charge >= 0.3 is 0 Å². The number of carbonyl (C=O) groups is 2. The first kappa shape index (κ1) is 15.4. The van der Waals surface area contributed by atoms with Gasteiger partial charge in [-0.3, -0.25) is 9.59 Å². The fourth-order valence-electron chi connectivity index (χ4n) is 1.38. The van der Waals surface area contributed by atoms with Crippen LogP contribution in [0, 0.1) is 34.7 Å². The van der Waals surface area contributed by atoms with Crippen molar-refractivity contribution in [1.82, 2.24) is 5.32 Å². The molecule has 4 nitrogen and oxygen atoms in total. The van der Waals surface area contributed by atoms with Crippen molar-refractivity contribution in [3.8, 4) is 6.07 Å². The van der Waals surface area contributed by atoms with Crippen LogP contribution in [0.2, 0.25) is 0 Å². The van der Waals surface area contributed by atoms with Gasteiger partial charge in [-0.15, -0.1) is 6.58 Å². The molecule has 0 saturated heterocycles. The highest BCUT2D eigenvalue weighted by atomic mass is 19.2. The summed E-state index contributed by atoms with van der Waals surface area (Å²) in [7, 11) is 0. The monoisotopic (exact) mass is 282 g/mol. The van der Waals surface area contributed by atoms with Crippen molar-refractivity contribution in [3.63, 3.8) is 0 Å². The highest BCUT2D eigenvalue weighted by molar-refractivity contribution is 6.12. The Hall–Kier alpha value is -2.62. The Morgan fingerprint density at radius 1 is 1.35 bits per heavy atom. The summed E-state index contributed by atoms with van der Waals surface area (Å²) in [5.74, 6) is -8.70. The molecule has 20 heavy (non-hydrogen) atoms. The van der Waals surface area contributed by atoms with Gasteiger partial charge in [0, 0.05) is 12.1 Å². The van der Waals surface area contributed by atoms with Gasteiger partial charge in [-0.2, -0.15) is 5.26 Å². The lowest BCUT2D eigenvalue weighted by molar-refractivity contribution is -0.122. The molecule has 1 aromatic rings. The van der Waals surface area contributed by atoms with Gasteiger partial charge in [0.1, 0.15) is 0 Å². The molecule has 0 aliphatic heterocycles. The lowest BCUT2D eigenvalue weighted by Gasteiger charge is -2.08. The molecule has 0 fully saturated rings. The number of rotatable bonds is 5. The molecule has 104 valence electrons. The average molecular weight is 282 g/mol. The third-order valence-corrected chi connectivity index (χ3v) is 2.34. The predicted molar refractivity (Wildman–Crippen MR) is 63.0 cm³/mol. The summed E-state index contributed by atoms with van der Waals surface area (Å²) in [5.41, 5.74) is -0.596. The lowest BCUT2D eigenvalue weighted by Crippen LogP contribution is -2.34. The van der Waals surface area contributed by atoms with Crippen LogP contribution in [0.1, 0.15) is 10.4 Å². The Labute approximate surface area is 112 Å². The maximum absolute atomic E-state index is 13.0. The zero-order chi connectivity index (χ0) is 15.3. The Morgan fingerprint density at radius 3 is 2.35 bits per heavy atom. The zero-order valence-corrected chi connectivity index (χ0v) is 10.1. The van der Waals surface area contributed by atoms with Crippen molar-refractivity contribution in [1.29, 1.82) is 5.26 Å². The van der Waals surface area contributed by atoms with Gasteiger partial charge in [-0.1, -0.05) is 6.08 Å². The number of ketones is 1. The van der Waals surface area contributed by atoms with E-state index in [-0.39, 0.29) is 6.54 Å². The number of benzene rings is 1. The number of nitrogens with one attached hydrogen (secondary N) is 1. The topological polar surface area (TPSA) is 70.0 Å². The molecule has 1 atom stereocenters. The van der Waals surface area contributed by atoms with Crippen molar-refractivity contribution >= 4 is 11.7 Å². The van der Waals surface area contributed by atoms with E-state index in [0.29, 0.717) is 12.1 Å². The third-order valence-electron chi connectivity index (χ3n) is 2.34. The molecule has 1 aromatic carbocycles. The number of hydrogen-bond donors (Lipinski definition) is 1. The standard InChI is InChI=1S/C13H9F3N2O2/c1-2-3-18-13(20)8(6-17)12(19)7-4-9(14)11(16)10(15)5-7/h2,4-5,8H,1,3H2,(H,18,20). The Bertz CT molecular complexity index is 585. The van der Waals surface area contributed by atoms with E-state index in [9.17, 15) is 22.8 Å². The van der Waals surface area contributed by atoms with Crippen LogP contribution in [0.4, 0.5) is 13.2 Å². The summed E-state index contributed by atoms with van der Waals surface area (Å²) in [4.78, 5) is 23.4. The van der Waals surface area contributed by atoms with Crippen molar-refractivity contribution in [2.24, 2.45) is 5.92 Å². The number of carbonyl (C=O) groups excluding carboxylic acids is 2. The Balaban J connectivity index is 3.06.